The molecule has 134 valence electrons. The van der Waals surface area contributed by atoms with E-state index in [1.807, 2.05) is 22.9 Å². The van der Waals surface area contributed by atoms with Crippen molar-refractivity contribution in [2.45, 2.75) is 26.4 Å². The number of nitrogens with zero attached hydrogens (tertiary/aromatic N) is 2. The van der Waals surface area contributed by atoms with Crippen LogP contribution in [0, 0.1) is 6.92 Å². The summed E-state index contributed by atoms with van der Waals surface area (Å²) in [6.07, 6.45) is 0.975. The van der Waals surface area contributed by atoms with Gasteiger partial charge in [-0.1, -0.05) is 36.4 Å². The van der Waals surface area contributed by atoms with Gasteiger partial charge in [0.2, 0.25) is 0 Å². The van der Waals surface area contributed by atoms with Crippen LogP contribution in [-0.4, -0.2) is 28.1 Å². The van der Waals surface area contributed by atoms with Crippen molar-refractivity contribution in [1.29, 1.82) is 0 Å². The molecule has 2 N–H and O–H groups in total. The number of ether oxygens (including phenoxy) is 1. The second-order valence-corrected chi connectivity index (χ2v) is 6.57. The second-order valence-electron chi connectivity index (χ2n) is 6.57. The van der Waals surface area contributed by atoms with Gasteiger partial charge in [0.05, 0.1) is 25.5 Å². The predicted octanol–water partition coefficient (Wildman–Crippen LogP) is 3.40. The number of fused-ring (bicyclic) bond motifs is 1. The first-order chi connectivity index (χ1) is 12.7. The number of aromatic nitrogens is 2. The van der Waals surface area contributed by atoms with Gasteiger partial charge in [0, 0.05) is 24.6 Å². The monoisotopic (exact) mass is 349 g/mol. The van der Waals surface area contributed by atoms with Crippen molar-refractivity contribution in [3.8, 4) is 17.0 Å². The third-order valence-corrected chi connectivity index (χ3v) is 4.74. The highest BCUT2D eigenvalue weighted by molar-refractivity contribution is 5.66. The number of rotatable bonds is 6. The van der Waals surface area contributed by atoms with Crippen LogP contribution in [0.2, 0.25) is 0 Å². The van der Waals surface area contributed by atoms with Crippen molar-refractivity contribution < 1.29 is 9.84 Å². The maximum Gasteiger partial charge on any atom is 0.125 e. The minimum Gasteiger partial charge on any atom is -0.493 e. The van der Waals surface area contributed by atoms with Gasteiger partial charge in [-0.25, -0.2) is 4.68 Å². The average Bonchev–Trinajstić information content (AvgIpc) is 3.27. The van der Waals surface area contributed by atoms with E-state index < -0.39 is 0 Å². The summed E-state index contributed by atoms with van der Waals surface area (Å²) in [6.45, 7) is 4.08. The molecule has 0 amide bonds. The topological polar surface area (TPSA) is 59.3 Å². The van der Waals surface area contributed by atoms with Crippen LogP contribution in [0.5, 0.6) is 5.75 Å². The number of aliphatic hydroxyl groups is 1. The van der Waals surface area contributed by atoms with E-state index in [1.165, 1.54) is 16.7 Å². The third kappa shape index (κ3) is 3.30. The molecular formula is C21H23N3O2. The Morgan fingerprint density at radius 2 is 2.08 bits per heavy atom. The molecule has 2 heterocycles. The number of benzene rings is 2. The summed E-state index contributed by atoms with van der Waals surface area (Å²) in [5, 5.41) is 17.5. The Labute approximate surface area is 153 Å². The zero-order valence-electron chi connectivity index (χ0n) is 14.9. The molecule has 0 radical (unpaired) electrons. The molecule has 2 aromatic carbocycles. The lowest BCUT2D eigenvalue weighted by Crippen LogP contribution is -2.10. The van der Waals surface area contributed by atoms with E-state index in [0.29, 0.717) is 13.1 Å². The van der Waals surface area contributed by atoms with E-state index in [0.717, 1.165) is 35.9 Å². The molecule has 0 bridgehead atoms. The van der Waals surface area contributed by atoms with Crippen LogP contribution in [0.1, 0.15) is 16.7 Å². The summed E-state index contributed by atoms with van der Waals surface area (Å²) >= 11 is 0. The average molecular weight is 349 g/mol. The molecular weight excluding hydrogens is 326 g/mol. The van der Waals surface area contributed by atoms with Crippen LogP contribution in [0.25, 0.3) is 11.3 Å². The standard InChI is InChI=1S/C21H23N3O2/c1-15-4-2-3-5-18(15)19-13-21(24(23-19)9-10-25)22-14-16-6-7-20-17(12-16)8-11-26-20/h2-7,12-13,22,25H,8-11,14H2,1H3. The molecule has 0 unspecified atom stereocenters. The molecule has 0 fully saturated rings. The highest BCUT2D eigenvalue weighted by Gasteiger charge is 2.13. The van der Waals surface area contributed by atoms with Gasteiger partial charge in [0.1, 0.15) is 11.6 Å². The largest absolute Gasteiger partial charge is 0.493 e. The van der Waals surface area contributed by atoms with Crippen LogP contribution >= 0.6 is 0 Å². The van der Waals surface area contributed by atoms with Crippen LogP contribution < -0.4 is 10.1 Å². The van der Waals surface area contributed by atoms with Gasteiger partial charge in [-0.15, -0.1) is 0 Å². The molecule has 0 spiro atoms. The van der Waals surface area contributed by atoms with Gasteiger partial charge < -0.3 is 15.2 Å². The van der Waals surface area contributed by atoms with Gasteiger partial charge in [-0.05, 0) is 29.7 Å². The third-order valence-electron chi connectivity index (χ3n) is 4.74. The summed E-state index contributed by atoms with van der Waals surface area (Å²) in [4.78, 5) is 0. The predicted molar refractivity (Wildman–Crippen MR) is 102 cm³/mol. The molecule has 1 aliphatic rings. The number of hydrogen-bond acceptors (Lipinski definition) is 4. The van der Waals surface area contributed by atoms with Crippen molar-refractivity contribution in [2.75, 3.05) is 18.5 Å². The molecule has 3 aromatic rings. The van der Waals surface area contributed by atoms with E-state index in [2.05, 4.69) is 47.7 Å². The van der Waals surface area contributed by atoms with Gasteiger partial charge in [-0.2, -0.15) is 5.10 Å². The van der Waals surface area contributed by atoms with Crippen molar-refractivity contribution in [3.63, 3.8) is 0 Å². The van der Waals surface area contributed by atoms with E-state index in [9.17, 15) is 5.11 Å². The first kappa shape index (κ1) is 16.7. The van der Waals surface area contributed by atoms with Crippen molar-refractivity contribution >= 4 is 5.82 Å². The fraction of sp³-hybridized carbons (Fsp3) is 0.286. The molecule has 0 saturated heterocycles. The molecule has 0 saturated carbocycles. The fourth-order valence-electron chi connectivity index (χ4n) is 3.36. The molecule has 0 atom stereocenters. The zero-order valence-corrected chi connectivity index (χ0v) is 14.9. The smallest absolute Gasteiger partial charge is 0.125 e. The van der Waals surface area contributed by atoms with Gasteiger partial charge in [0.15, 0.2) is 0 Å². The van der Waals surface area contributed by atoms with Crippen molar-refractivity contribution in [2.24, 2.45) is 0 Å². The second kappa shape index (κ2) is 7.22. The molecule has 5 nitrogen and oxygen atoms in total. The van der Waals surface area contributed by atoms with Gasteiger partial charge >= 0.3 is 0 Å². The number of nitrogens with one attached hydrogen (secondary N) is 1. The lowest BCUT2D eigenvalue weighted by Gasteiger charge is -2.09. The minimum atomic E-state index is 0.0553. The number of anilines is 1. The molecule has 1 aromatic heterocycles. The number of hydrogen-bond donors (Lipinski definition) is 2. The Kier molecular flexibility index (Phi) is 4.63. The lowest BCUT2D eigenvalue weighted by molar-refractivity contribution is 0.270. The molecule has 5 heteroatoms. The normalized spacial score (nSPS) is 12.7. The molecule has 0 aliphatic carbocycles. The maximum absolute atomic E-state index is 9.37. The zero-order chi connectivity index (χ0) is 17.9. The Morgan fingerprint density at radius 1 is 1.19 bits per heavy atom. The van der Waals surface area contributed by atoms with Crippen LogP contribution in [0.3, 0.4) is 0 Å². The van der Waals surface area contributed by atoms with E-state index in [1.54, 1.807) is 0 Å². The lowest BCUT2D eigenvalue weighted by atomic mass is 10.1. The first-order valence-corrected chi connectivity index (χ1v) is 8.98. The van der Waals surface area contributed by atoms with Crippen molar-refractivity contribution in [3.05, 3.63) is 65.2 Å². The van der Waals surface area contributed by atoms with E-state index in [-0.39, 0.29) is 6.61 Å². The summed E-state index contributed by atoms with van der Waals surface area (Å²) in [7, 11) is 0. The van der Waals surface area contributed by atoms with Crippen molar-refractivity contribution in [1.82, 2.24) is 9.78 Å². The SMILES string of the molecule is Cc1ccccc1-c1cc(NCc2ccc3c(c2)CCO3)n(CCO)n1. The number of aliphatic hydroxyl groups excluding tert-OH is 1. The highest BCUT2D eigenvalue weighted by atomic mass is 16.5. The summed E-state index contributed by atoms with van der Waals surface area (Å²) in [5.41, 5.74) is 5.70. The Balaban J connectivity index is 1.56. The quantitative estimate of drug-likeness (QED) is 0.716. The van der Waals surface area contributed by atoms with Crippen LogP contribution in [0.4, 0.5) is 5.82 Å². The van der Waals surface area contributed by atoms with Crippen LogP contribution in [0.15, 0.2) is 48.5 Å². The van der Waals surface area contributed by atoms with E-state index >= 15 is 0 Å². The molecule has 1 aliphatic heterocycles. The van der Waals surface area contributed by atoms with Gasteiger partial charge in [0.25, 0.3) is 0 Å². The Hall–Kier alpha value is -2.79. The Morgan fingerprint density at radius 3 is 2.92 bits per heavy atom. The summed E-state index contributed by atoms with van der Waals surface area (Å²) < 4.78 is 7.40. The molecule has 4 rings (SSSR count). The maximum atomic E-state index is 9.37. The first-order valence-electron chi connectivity index (χ1n) is 8.98. The van der Waals surface area contributed by atoms with E-state index in [4.69, 9.17) is 4.74 Å². The summed E-state index contributed by atoms with van der Waals surface area (Å²) in [6, 6.07) is 16.6. The highest BCUT2D eigenvalue weighted by Crippen LogP contribution is 2.27. The Bertz CT molecular complexity index is 917. The minimum absolute atomic E-state index is 0.0553. The summed E-state index contributed by atoms with van der Waals surface area (Å²) in [5.74, 6) is 1.91. The van der Waals surface area contributed by atoms with Gasteiger partial charge in [-0.3, -0.25) is 0 Å². The number of aryl methyl sites for hydroxylation is 1. The fourth-order valence-corrected chi connectivity index (χ4v) is 3.36. The van der Waals surface area contributed by atoms with Crippen LogP contribution in [-0.2, 0) is 19.5 Å². The molecule has 26 heavy (non-hydrogen) atoms.